The molecule has 106 valence electrons. The number of carbonyl (C=O) groups is 1. The zero-order chi connectivity index (χ0) is 14.2. The van der Waals surface area contributed by atoms with Crippen molar-refractivity contribution in [3.63, 3.8) is 0 Å². The molecule has 0 saturated carbocycles. The van der Waals surface area contributed by atoms with Crippen LogP contribution in [0.2, 0.25) is 0 Å². The Morgan fingerprint density at radius 3 is 2.68 bits per heavy atom. The van der Waals surface area contributed by atoms with Crippen LogP contribution in [0.15, 0.2) is 0 Å². The van der Waals surface area contributed by atoms with Gasteiger partial charge in [-0.2, -0.15) is 5.10 Å². The van der Waals surface area contributed by atoms with E-state index in [4.69, 9.17) is 4.74 Å². The van der Waals surface area contributed by atoms with Gasteiger partial charge in [0.15, 0.2) is 0 Å². The van der Waals surface area contributed by atoms with Crippen molar-refractivity contribution in [2.75, 3.05) is 6.54 Å². The second kappa shape index (κ2) is 4.87. The first-order chi connectivity index (χ1) is 8.81. The van der Waals surface area contributed by atoms with Crippen molar-refractivity contribution >= 4 is 6.09 Å². The topological polar surface area (TPSA) is 47.4 Å². The Morgan fingerprint density at radius 2 is 2.11 bits per heavy atom. The van der Waals surface area contributed by atoms with Crippen molar-refractivity contribution < 1.29 is 9.53 Å². The van der Waals surface area contributed by atoms with E-state index in [1.165, 1.54) is 11.3 Å². The van der Waals surface area contributed by atoms with Crippen molar-refractivity contribution in [2.24, 2.45) is 0 Å². The second-order valence-corrected chi connectivity index (χ2v) is 5.98. The van der Waals surface area contributed by atoms with Crippen molar-refractivity contribution in [3.05, 3.63) is 17.0 Å². The molecule has 0 atom stereocenters. The summed E-state index contributed by atoms with van der Waals surface area (Å²) in [4.78, 5) is 13.9. The van der Waals surface area contributed by atoms with Gasteiger partial charge in [-0.1, -0.05) is 0 Å². The quantitative estimate of drug-likeness (QED) is 0.784. The predicted octanol–water partition coefficient (Wildman–Crippen LogP) is 2.50. The molecule has 1 aromatic rings. The van der Waals surface area contributed by atoms with Gasteiger partial charge in [0.2, 0.25) is 0 Å². The van der Waals surface area contributed by atoms with Gasteiger partial charge < -0.3 is 9.64 Å². The first-order valence-corrected chi connectivity index (χ1v) is 6.85. The standard InChI is InChI=1S/C14H23N3O2/c1-6-17-12-7-8-16(9-11(12)10(2)15-17)13(18)19-14(3,4)5/h6-9H2,1-5H3. The summed E-state index contributed by atoms with van der Waals surface area (Å²) in [6, 6.07) is 0. The van der Waals surface area contributed by atoms with Crippen molar-refractivity contribution in [3.8, 4) is 0 Å². The number of fused-ring (bicyclic) bond motifs is 1. The molecule has 0 radical (unpaired) electrons. The minimum Gasteiger partial charge on any atom is -0.444 e. The molecular weight excluding hydrogens is 242 g/mol. The maximum Gasteiger partial charge on any atom is 0.410 e. The van der Waals surface area contributed by atoms with Gasteiger partial charge in [0, 0.05) is 30.8 Å². The lowest BCUT2D eigenvalue weighted by Crippen LogP contribution is -2.40. The third kappa shape index (κ3) is 2.91. The van der Waals surface area contributed by atoms with Crippen LogP contribution in [0.4, 0.5) is 4.79 Å². The maximum absolute atomic E-state index is 12.1. The normalized spacial score (nSPS) is 15.3. The molecule has 5 nitrogen and oxygen atoms in total. The van der Waals surface area contributed by atoms with Gasteiger partial charge in [0.25, 0.3) is 0 Å². The highest BCUT2D eigenvalue weighted by Gasteiger charge is 2.28. The van der Waals surface area contributed by atoms with Gasteiger partial charge in [-0.05, 0) is 34.6 Å². The zero-order valence-electron chi connectivity index (χ0n) is 12.5. The van der Waals surface area contributed by atoms with Crippen LogP contribution in [0.3, 0.4) is 0 Å². The Bertz CT molecular complexity index is 486. The fourth-order valence-electron chi connectivity index (χ4n) is 2.41. The number of hydrogen-bond donors (Lipinski definition) is 0. The zero-order valence-corrected chi connectivity index (χ0v) is 12.5. The predicted molar refractivity (Wildman–Crippen MR) is 73.0 cm³/mol. The van der Waals surface area contributed by atoms with Crippen LogP contribution in [0.1, 0.15) is 44.6 Å². The monoisotopic (exact) mass is 265 g/mol. The molecule has 19 heavy (non-hydrogen) atoms. The van der Waals surface area contributed by atoms with Crippen molar-refractivity contribution in [1.29, 1.82) is 0 Å². The highest BCUT2D eigenvalue weighted by atomic mass is 16.6. The summed E-state index contributed by atoms with van der Waals surface area (Å²) in [6.45, 7) is 11.9. The Balaban J connectivity index is 2.14. The van der Waals surface area contributed by atoms with E-state index in [0.29, 0.717) is 13.1 Å². The summed E-state index contributed by atoms with van der Waals surface area (Å²) >= 11 is 0. The van der Waals surface area contributed by atoms with Gasteiger partial charge in [-0.25, -0.2) is 4.79 Å². The summed E-state index contributed by atoms with van der Waals surface area (Å²) in [5.41, 5.74) is 3.02. The van der Waals surface area contributed by atoms with E-state index in [9.17, 15) is 4.79 Å². The Hall–Kier alpha value is -1.52. The molecule has 0 saturated heterocycles. The van der Waals surface area contributed by atoms with E-state index in [1.54, 1.807) is 4.90 Å². The molecule has 1 aliphatic heterocycles. The molecule has 1 amide bonds. The highest BCUT2D eigenvalue weighted by molar-refractivity contribution is 5.68. The molecule has 0 unspecified atom stereocenters. The number of ether oxygens (including phenoxy) is 1. The average molecular weight is 265 g/mol. The van der Waals surface area contributed by atoms with E-state index in [2.05, 4.69) is 12.0 Å². The Morgan fingerprint density at radius 1 is 1.42 bits per heavy atom. The minimum atomic E-state index is -0.444. The summed E-state index contributed by atoms with van der Waals surface area (Å²) in [6.07, 6.45) is 0.616. The molecule has 0 aliphatic carbocycles. The molecule has 1 aromatic heterocycles. The second-order valence-electron chi connectivity index (χ2n) is 5.98. The van der Waals surface area contributed by atoms with E-state index in [0.717, 1.165) is 18.7 Å². The smallest absolute Gasteiger partial charge is 0.410 e. The summed E-state index contributed by atoms with van der Waals surface area (Å²) in [7, 11) is 0. The molecule has 0 N–H and O–H groups in total. The fraction of sp³-hybridized carbons (Fsp3) is 0.714. The summed E-state index contributed by atoms with van der Waals surface area (Å²) in [5.74, 6) is 0. The van der Waals surface area contributed by atoms with Crippen LogP contribution in [-0.2, 0) is 24.2 Å². The van der Waals surface area contributed by atoms with E-state index >= 15 is 0 Å². The van der Waals surface area contributed by atoms with Gasteiger partial charge in [-0.3, -0.25) is 4.68 Å². The van der Waals surface area contributed by atoms with Crippen molar-refractivity contribution in [2.45, 2.75) is 59.7 Å². The lowest BCUT2D eigenvalue weighted by molar-refractivity contribution is 0.0222. The molecule has 1 aliphatic rings. The van der Waals surface area contributed by atoms with E-state index < -0.39 is 5.60 Å². The van der Waals surface area contributed by atoms with E-state index in [1.807, 2.05) is 32.4 Å². The van der Waals surface area contributed by atoms with Gasteiger partial charge in [-0.15, -0.1) is 0 Å². The molecule has 5 heteroatoms. The summed E-state index contributed by atoms with van der Waals surface area (Å²) in [5, 5.41) is 4.52. The Kier molecular flexibility index (Phi) is 3.56. The fourth-order valence-corrected chi connectivity index (χ4v) is 2.41. The van der Waals surface area contributed by atoms with Gasteiger partial charge >= 0.3 is 6.09 Å². The molecule has 2 rings (SSSR count). The molecular formula is C14H23N3O2. The third-order valence-electron chi connectivity index (χ3n) is 3.29. The van der Waals surface area contributed by atoms with Crippen molar-refractivity contribution in [1.82, 2.24) is 14.7 Å². The number of rotatable bonds is 1. The van der Waals surface area contributed by atoms with Crippen LogP contribution in [0.25, 0.3) is 0 Å². The number of nitrogens with zero attached hydrogens (tertiary/aromatic N) is 3. The lowest BCUT2D eigenvalue weighted by Gasteiger charge is -2.30. The highest BCUT2D eigenvalue weighted by Crippen LogP contribution is 2.23. The van der Waals surface area contributed by atoms with Crippen LogP contribution < -0.4 is 0 Å². The molecule has 0 bridgehead atoms. The third-order valence-corrected chi connectivity index (χ3v) is 3.29. The Labute approximate surface area is 114 Å². The lowest BCUT2D eigenvalue weighted by atomic mass is 10.1. The van der Waals surface area contributed by atoms with Crippen LogP contribution in [0.5, 0.6) is 0 Å². The van der Waals surface area contributed by atoms with Crippen LogP contribution in [-0.4, -0.2) is 32.9 Å². The van der Waals surface area contributed by atoms with Gasteiger partial charge in [0.1, 0.15) is 5.60 Å². The van der Waals surface area contributed by atoms with Crippen LogP contribution >= 0.6 is 0 Å². The SMILES string of the molecule is CCn1nc(C)c2c1CCN(C(=O)OC(C)(C)C)C2. The number of carbonyl (C=O) groups excluding carboxylic acids is 1. The van der Waals surface area contributed by atoms with E-state index in [-0.39, 0.29) is 6.09 Å². The molecule has 0 aromatic carbocycles. The molecule has 0 spiro atoms. The number of aryl methyl sites for hydroxylation is 2. The first-order valence-electron chi connectivity index (χ1n) is 6.85. The number of aromatic nitrogens is 2. The number of amides is 1. The van der Waals surface area contributed by atoms with Gasteiger partial charge in [0.05, 0.1) is 12.2 Å². The largest absolute Gasteiger partial charge is 0.444 e. The molecule has 2 heterocycles. The average Bonchev–Trinajstić information content (AvgIpc) is 2.63. The van der Waals surface area contributed by atoms with Crippen LogP contribution in [0, 0.1) is 6.92 Å². The maximum atomic E-state index is 12.1. The first kappa shape index (κ1) is 13.9. The minimum absolute atomic E-state index is 0.234. The molecule has 0 fully saturated rings. The summed E-state index contributed by atoms with van der Waals surface area (Å²) < 4.78 is 7.46. The number of hydrogen-bond acceptors (Lipinski definition) is 3.